The average molecular weight is 382 g/mol. The molecule has 2 heterocycles. The van der Waals surface area contributed by atoms with Gasteiger partial charge in [0.1, 0.15) is 6.10 Å². The second kappa shape index (κ2) is 9.90. The number of benzene rings is 1. The molecule has 7 heteroatoms. The number of carbonyl (C=O) groups excluding carboxylic acids is 2. The predicted molar refractivity (Wildman–Crippen MR) is 104 cm³/mol. The molecule has 2 fully saturated rings. The van der Waals surface area contributed by atoms with Crippen LogP contribution in [0.3, 0.4) is 0 Å². The lowest BCUT2D eigenvalue weighted by Gasteiger charge is -2.28. The number of halogens is 1. The summed E-state index contributed by atoms with van der Waals surface area (Å²) in [7, 11) is 0. The SMILES string of the molecule is CCCN(C(=O)c1cccc(NC(=O)C2CCCO2)c1)C1CCNC1.Cl. The highest BCUT2D eigenvalue weighted by atomic mass is 35.5. The van der Waals surface area contributed by atoms with Crippen molar-refractivity contribution >= 4 is 29.9 Å². The fourth-order valence-corrected chi connectivity index (χ4v) is 3.50. The average Bonchev–Trinajstić information content (AvgIpc) is 3.32. The van der Waals surface area contributed by atoms with Crippen LogP contribution in [0.5, 0.6) is 0 Å². The Labute approximate surface area is 161 Å². The molecule has 3 rings (SSSR count). The summed E-state index contributed by atoms with van der Waals surface area (Å²) in [6.07, 6.45) is 3.21. The second-order valence-corrected chi connectivity index (χ2v) is 6.72. The molecule has 1 aromatic rings. The van der Waals surface area contributed by atoms with Crippen molar-refractivity contribution in [2.24, 2.45) is 0 Å². The first-order valence-corrected chi connectivity index (χ1v) is 9.23. The molecule has 2 saturated heterocycles. The van der Waals surface area contributed by atoms with Gasteiger partial charge in [0.25, 0.3) is 11.8 Å². The van der Waals surface area contributed by atoms with Gasteiger partial charge in [-0.25, -0.2) is 0 Å². The van der Waals surface area contributed by atoms with Gasteiger partial charge < -0.3 is 20.3 Å². The second-order valence-electron chi connectivity index (χ2n) is 6.72. The molecule has 2 unspecified atom stereocenters. The highest BCUT2D eigenvalue weighted by Gasteiger charge is 2.27. The lowest BCUT2D eigenvalue weighted by Crippen LogP contribution is -2.42. The third kappa shape index (κ3) is 4.96. The molecule has 1 aromatic carbocycles. The molecular weight excluding hydrogens is 354 g/mol. The van der Waals surface area contributed by atoms with Crippen molar-refractivity contribution in [1.82, 2.24) is 10.2 Å². The number of hydrogen-bond donors (Lipinski definition) is 2. The van der Waals surface area contributed by atoms with Crippen molar-refractivity contribution in [3.8, 4) is 0 Å². The van der Waals surface area contributed by atoms with E-state index in [0.717, 1.165) is 45.3 Å². The Kier molecular flexibility index (Phi) is 7.87. The summed E-state index contributed by atoms with van der Waals surface area (Å²) in [5.74, 6) is -0.101. The van der Waals surface area contributed by atoms with Gasteiger partial charge in [-0.3, -0.25) is 9.59 Å². The number of hydrogen-bond acceptors (Lipinski definition) is 4. The molecule has 6 nitrogen and oxygen atoms in total. The Balaban J connectivity index is 0.00000243. The van der Waals surface area contributed by atoms with Crippen molar-refractivity contribution in [3.63, 3.8) is 0 Å². The summed E-state index contributed by atoms with van der Waals surface area (Å²) in [5, 5.41) is 6.19. The molecule has 0 bridgehead atoms. The van der Waals surface area contributed by atoms with E-state index in [1.54, 1.807) is 6.07 Å². The third-order valence-corrected chi connectivity index (χ3v) is 4.80. The molecule has 2 aliphatic rings. The zero-order valence-electron chi connectivity index (χ0n) is 15.2. The van der Waals surface area contributed by atoms with Gasteiger partial charge in [0.05, 0.1) is 0 Å². The number of ether oxygens (including phenoxy) is 1. The highest BCUT2D eigenvalue weighted by Crippen LogP contribution is 2.19. The van der Waals surface area contributed by atoms with E-state index in [4.69, 9.17) is 4.74 Å². The van der Waals surface area contributed by atoms with Gasteiger partial charge in [0.15, 0.2) is 0 Å². The van der Waals surface area contributed by atoms with Crippen LogP contribution in [0.2, 0.25) is 0 Å². The van der Waals surface area contributed by atoms with Crippen molar-refractivity contribution in [2.75, 3.05) is 31.6 Å². The number of anilines is 1. The quantitative estimate of drug-likeness (QED) is 0.794. The molecule has 26 heavy (non-hydrogen) atoms. The smallest absolute Gasteiger partial charge is 0.254 e. The van der Waals surface area contributed by atoms with Crippen LogP contribution in [0.1, 0.15) is 43.0 Å². The number of amides is 2. The number of rotatable bonds is 6. The first kappa shape index (κ1) is 20.7. The fraction of sp³-hybridized carbons (Fsp3) is 0.579. The Morgan fingerprint density at radius 3 is 2.85 bits per heavy atom. The first-order valence-electron chi connectivity index (χ1n) is 9.23. The van der Waals surface area contributed by atoms with Gasteiger partial charge in [-0.15, -0.1) is 12.4 Å². The van der Waals surface area contributed by atoms with E-state index in [1.807, 2.05) is 23.1 Å². The van der Waals surface area contributed by atoms with Crippen LogP contribution in [0.4, 0.5) is 5.69 Å². The lowest BCUT2D eigenvalue weighted by molar-refractivity contribution is -0.124. The minimum absolute atomic E-state index is 0. The van der Waals surface area contributed by atoms with Crippen molar-refractivity contribution in [2.45, 2.75) is 44.8 Å². The molecule has 0 spiro atoms. The largest absolute Gasteiger partial charge is 0.368 e. The van der Waals surface area contributed by atoms with E-state index in [1.165, 1.54) is 0 Å². The normalized spacial score (nSPS) is 21.9. The van der Waals surface area contributed by atoms with Crippen LogP contribution < -0.4 is 10.6 Å². The minimum atomic E-state index is -0.375. The van der Waals surface area contributed by atoms with E-state index >= 15 is 0 Å². The molecule has 0 aromatic heterocycles. The van der Waals surface area contributed by atoms with Crippen LogP contribution in [-0.4, -0.2) is 55.1 Å². The molecule has 2 N–H and O–H groups in total. The number of nitrogens with one attached hydrogen (secondary N) is 2. The molecule has 2 aliphatic heterocycles. The Bertz CT molecular complexity index is 614. The van der Waals surface area contributed by atoms with Gasteiger partial charge in [0, 0.05) is 37.0 Å². The maximum Gasteiger partial charge on any atom is 0.254 e. The summed E-state index contributed by atoms with van der Waals surface area (Å²) in [6.45, 7) is 5.27. The number of nitrogens with zero attached hydrogens (tertiary/aromatic N) is 1. The van der Waals surface area contributed by atoms with Crippen LogP contribution in [0.15, 0.2) is 24.3 Å². The van der Waals surface area contributed by atoms with E-state index in [0.29, 0.717) is 17.9 Å². The van der Waals surface area contributed by atoms with Crippen LogP contribution >= 0.6 is 12.4 Å². The summed E-state index contributed by atoms with van der Waals surface area (Å²) < 4.78 is 5.41. The summed E-state index contributed by atoms with van der Waals surface area (Å²) in [5.41, 5.74) is 1.26. The maximum atomic E-state index is 13.0. The van der Waals surface area contributed by atoms with Gasteiger partial charge in [-0.05, 0) is 50.4 Å². The lowest BCUT2D eigenvalue weighted by atomic mass is 10.1. The molecular formula is C19H28ClN3O3. The van der Waals surface area contributed by atoms with E-state index in [9.17, 15) is 9.59 Å². The molecule has 2 amide bonds. The summed E-state index contributed by atoms with van der Waals surface area (Å²) in [6, 6.07) is 7.45. The predicted octanol–water partition coefficient (Wildman–Crippen LogP) is 2.44. The van der Waals surface area contributed by atoms with Crippen molar-refractivity contribution in [3.05, 3.63) is 29.8 Å². The monoisotopic (exact) mass is 381 g/mol. The highest BCUT2D eigenvalue weighted by molar-refractivity contribution is 5.98. The van der Waals surface area contributed by atoms with E-state index in [2.05, 4.69) is 17.6 Å². The zero-order valence-corrected chi connectivity index (χ0v) is 16.0. The molecule has 2 atom stereocenters. The fourth-order valence-electron chi connectivity index (χ4n) is 3.50. The topological polar surface area (TPSA) is 70.7 Å². The zero-order chi connectivity index (χ0) is 17.6. The Morgan fingerprint density at radius 1 is 1.35 bits per heavy atom. The number of carbonyl (C=O) groups is 2. The van der Waals surface area contributed by atoms with Crippen molar-refractivity contribution < 1.29 is 14.3 Å². The minimum Gasteiger partial charge on any atom is -0.368 e. The van der Waals surface area contributed by atoms with Gasteiger partial charge in [-0.2, -0.15) is 0 Å². The molecule has 0 radical (unpaired) electrons. The van der Waals surface area contributed by atoms with Crippen LogP contribution in [-0.2, 0) is 9.53 Å². The van der Waals surface area contributed by atoms with Crippen LogP contribution in [0, 0.1) is 0 Å². The van der Waals surface area contributed by atoms with Gasteiger partial charge in [-0.1, -0.05) is 13.0 Å². The van der Waals surface area contributed by atoms with Crippen molar-refractivity contribution in [1.29, 1.82) is 0 Å². The molecule has 0 aliphatic carbocycles. The Hall–Kier alpha value is -1.63. The standard InChI is InChI=1S/C19H27N3O3.ClH/c1-2-10-22(16-8-9-20-13-16)19(24)14-5-3-6-15(12-14)21-18(23)17-7-4-11-25-17;/h3,5-6,12,16-17,20H,2,4,7-11,13H2,1H3,(H,21,23);1H. The maximum absolute atomic E-state index is 13.0. The van der Waals surface area contributed by atoms with Crippen LogP contribution in [0.25, 0.3) is 0 Å². The first-order chi connectivity index (χ1) is 12.2. The third-order valence-electron chi connectivity index (χ3n) is 4.80. The summed E-state index contributed by atoms with van der Waals surface area (Å²) in [4.78, 5) is 27.1. The summed E-state index contributed by atoms with van der Waals surface area (Å²) >= 11 is 0. The molecule has 144 valence electrons. The van der Waals surface area contributed by atoms with Gasteiger partial charge >= 0.3 is 0 Å². The van der Waals surface area contributed by atoms with E-state index in [-0.39, 0.29) is 36.4 Å². The van der Waals surface area contributed by atoms with Gasteiger partial charge in [0.2, 0.25) is 0 Å². The Morgan fingerprint density at radius 2 is 2.19 bits per heavy atom. The van der Waals surface area contributed by atoms with E-state index < -0.39 is 0 Å². The molecule has 0 saturated carbocycles.